The minimum atomic E-state index is -3.63. The van der Waals surface area contributed by atoms with Crippen molar-refractivity contribution in [3.05, 3.63) is 52.4 Å². The smallest absolute Gasteiger partial charge is 0.253 e. The van der Waals surface area contributed by atoms with E-state index in [4.69, 9.17) is 11.6 Å². The number of hydrogen-bond donors (Lipinski definition) is 1. The number of rotatable bonds is 6. The third-order valence-corrected chi connectivity index (χ3v) is 8.39. The van der Waals surface area contributed by atoms with E-state index < -0.39 is 16.1 Å². The van der Waals surface area contributed by atoms with Crippen molar-refractivity contribution in [2.45, 2.75) is 42.4 Å². The molecule has 1 N–H and O–H groups in total. The molecule has 1 aliphatic heterocycles. The summed E-state index contributed by atoms with van der Waals surface area (Å²) in [7, 11) is -3.63. The summed E-state index contributed by atoms with van der Waals surface area (Å²) < 4.78 is 27.2. The van der Waals surface area contributed by atoms with Crippen molar-refractivity contribution in [3.8, 4) is 0 Å². The van der Waals surface area contributed by atoms with E-state index in [2.05, 4.69) is 5.32 Å². The van der Waals surface area contributed by atoms with E-state index in [-0.39, 0.29) is 15.5 Å². The van der Waals surface area contributed by atoms with Crippen molar-refractivity contribution < 1.29 is 13.2 Å². The van der Waals surface area contributed by atoms with E-state index in [1.165, 1.54) is 15.6 Å². The molecule has 1 saturated heterocycles. The summed E-state index contributed by atoms with van der Waals surface area (Å²) in [5, 5.41) is 5.32. The Kier molecular flexibility index (Phi) is 5.96. The van der Waals surface area contributed by atoms with Crippen molar-refractivity contribution in [1.29, 1.82) is 0 Å². The fraction of sp³-hybridized carbons (Fsp3) is 0.421. The summed E-state index contributed by atoms with van der Waals surface area (Å²) in [6.45, 7) is 4.81. The molecule has 0 saturated carbocycles. The van der Waals surface area contributed by atoms with E-state index in [9.17, 15) is 13.2 Å². The first-order valence-electron chi connectivity index (χ1n) is 8.81. The molecule has 0 spiro atoms. The van der Waals surface area contributed by atoms with Gasteiger partial charge in [-0.2, -0.15) is 4.31 Å². The summed E-state index contributed by atoms with van der Waals surface area (Å²) in [6, 6.07) is 10.2. The molecule has 1 aliphatic rings. The zero-order valence-corrected chi connectivity index (χ0v) is 17.7. The Bertz CT molecular complexity index is 911. The number of sulfonamides is 1. The topological polar surface area (TPSA) is 66.5 Å². The van der Waals surface area contributed by atoms with Crippen molar-refractivity contribution in [2.75, 3.05) is 13.1 Å². The van der Waals surface area contributed by atoms with E-state index in [0.717, 1.165) is 5.56 Å². The average molecular weight is 427 g/mol. The van der Waals surface area contributed by atoms with Crippen molar-refractivity contribution in [2.24, 2.45) is 0 Å². The van der Waals surface area contributed by atoms with Crippen LogP contribution in [0, 0.1) is 0 Å². The molecule has 2 heterocycles. The lowest BCUT2D eigenvalue weighted by Gasteiger charge is -2.28. The van der Waals surface area contributed by atoms with Gasteiger partial charge in [0.1, 0.15) is 10.3 Å². The summed E-state index contributed by atoms with van der Waals surface area (Å²) in [4.78, 5) is 12.8. The van der Waals surface area contributed by atoms with Crippen molar-refractivity contribution in [3.63, 3.8) is 0 Å². The van der Waals surface area contributed by atoms with Gasteiger partial charge in [0.25, 0.3) is 10.0 Å². The Morgan fingerprint density at radius 1 is 1.33 bits per heavy atom. The largest absolute Gasteiger partial charge is 0.354 e. The number of nitrogens with zero attached hydrogens (tertiary/aromatic N) is 1. The molecule has 146 valence electrons. The molecule has 27 heavy (non-hydrogen) atoms. The fourth-order valence-electron chi connectivity index (χ4n) is 3.25. The molecule has 1 unspecified atom stereocenters. The van der Waals surface area contributed by atoms with Gasteiger partial charge in [-0.15, -0.1) is 11.3 Å². The Morgan fingerprint density at radius 2 is 2.11 bits per heavy atom. The van der Waals surface area contributed by atoms with Gasteiger partial charge in [-0.1, -0.05) is 43.6 Å². The second kappa shape index (κ2) is 7.91. The first-order chi connectivity index (χ1) is 12.7. The first-order valence-corrected chi connectivity index (χ1v) is 11.5. The molecule has 1 aromatic carbocycles. The monoisotopic (exact) mass is 426 g/mol. The van der Waals surface area contributed by atoms with Crippen LogP contribution in [0.3, 0.4) is 0 Å². The van der Waals surface area contributed by atoms with Gasteiger partial charge in [-0.05, 0) is 42.0 Å². The van der Waals surface area contributed by atoms with Crippen LogP contribution in [0.25, 0.3) is 0 Å². The molecule has 1 atom stereocenters. The SMILES string of the molecule is CC(C)(CNC(=O)C1CCCN1S(=O)(=O)c1cccs1)c1cccc(Cl)c1. The Hall–Kier alpha value is -1.41. The molecular weight excluding hydrogens is 404 g/mol. The van der Waals surface area contributed by atoms with E-state index in [1.54, 1.807) is 17.5 Å². The van der Waals surface area contributed by atoms with Gasteiger partial charge in [0, 0.05) is 23.5 Å². The molecule has 3 rings (SSSR count). The lowest BCUT2D eigenvalue weighted by atomic mass is 9.84. The highest BCUT2D eigenvalue weighted by Gasteiger charge is 2.40. The molecule has 1 fully saturated rings. The number of carbonyl (C=O) groups is 1. The van der Waals surface area contributed by atoms with Gasteiger partial charge < -0.3 is 5.32 Å². The van der Waals surface area contributed by atoms with Gasteiger partial charge >= 0.3 is 0 Å². The van der Waals surface area contributed by atoms with Crippen LogP contribution in [0.1, 0.15) is 32.3 Å². The number of hydrogen-bond acceptors (Lipinski definition) is 4. The molecule has 0 aliphatic carbocycles. The third kappa shape index (κ3) is 4.37. The maximum absolute atomic E-state index is 12.8. The number of thiophene rings is 1. The summed E-state index contributed by atoms with van der Waals surface area (Å²) in [5.41, 5.74) is 0.696. The van der Waals surface area contributed by atoms with E-state index in [0.29, 0.717) is 31.0 Å². The summed E-state index contributed by atoms with van der Waals surface area (Å²) in [6.07, 6.45) is 1.22. The molecular formula is C19H23ClN2O3S2. The number of nitrogens with one attached hydrogen (secondary N) is 1. The Balaban J connectivity index is 1.70. The summed E-state index contributed by atoms with van der Waals surface area (Å²) >= 11 is 7.25. The quantitative estimate of drug-likeness (QED) is 0.766. The third-order valence-electron chi connectivity index (χ3n) is 4.88. The minimum Gasteiger partial charge on any atom is -0.354 e. The highest BCUT2D eigenvalue weighted by molar-refractivity contribution is 7.91. The first kappa shape index (κ1) is 20.3. The zero-order valence-electron chi connectivity index (χ0n) is 15.3. The fourth-order valence-corrected chi connectivity index (χ4v) is 6.22. The van der Waals surface area contributed by atoms with E-state index in [1.807, 2.05) is 38.1 Å². The van der Waals surface area contributed by atoms with Gasteiger partial charge in [0.05, 0.1) is 0 Å². The lowest BCUT2D eigenvalue weighted by molar-refractivity contribution is -0.124. The maximum atomic E-state index is 12.8. The van der Waals surface area contributed by atoms with Gasteiger partial charge in [0.15, 0.2) is 0 Å². The van der Waals surface area contributed by atoms with Crippen LogP contribution in [0.5, 0.6) is 0 Å². The maximum Gasteiger partial charge on any atom is 0.253 e. The predicted octanol–water partition coefficient (Wildman–Crippen LogP) is 3.65. The van der Waals surface area contributed by atoms with Crippen LogP contribution in [-0.4, -0.2) is 37.8 Å². The summed E-state index contributed by atoms with van der Waals surface area (Å²) in [5.74, 6) is -0.247. The molecule has 1 aromatic heterocycles. The van der Waals surface area contributed by atoms with Crippen LogP contribution < -0.4 is 5.32 Å². The Morgan fingerprint density at radius 3 is 2.78 bits per heavy atom. The lowest BCUT2D eigenvalue weighted by Crippen LogP contribution is -2.48. The molecule has 5 nitrogen and oxygen atoms in total. The van der Waals surface area contributed by atoms with Gasteiger partial charge in [-0.3, -0.25) is 4.79 Å². The second-order valence-electron chi connectivity index (χ2n) is 7.32. The zero-order chi connectivity index (χ0) is 19.7. The number of amides is 1. The van der Waals surface area contributed by atoms with Crippen LogP contribution in [-0.2, 0) is 20.2 Å². The van der Waals surface area contributed by atoms with Crippen LogP contribution in [0.15, 0.2) is 46.0 Å². The molecule has 1 amide bonds. The van der Waals surface area contributed by atoms with Crippen molar-refractivity contribution >= 4 is 38.9 Å². The highest BCUT2D eigenvalue weighted by Crippen LogP contribution is 2.29. The molecule has 2 aromatic rings. The standard InChI is InChI=1S/C19H23ClN2O3S2/c1-19(2,14-6-3-7-15(20)12-14)13-21-18(23)16-8-4-10-22(16)27(24,25)17-9-5-11-26-17/h3,5-7,9,11-12,16H,4,8,10,13H2,1-2H3,(H,21,23). The van der Waals surface area contributed by atoms with Gasteiger partial charge in [-0.25, -0.2) is 8.42 Å². The molecule has 8 heteroatoms. The van der Waals surface area contributed by atoms with Crippen molar-refractivity contribution in [1.82, 2.24) is 9.62 Å². The number of benzene rings is 1. The molecule has 0 radical (unpaired) electrons. The van der Waals surface area contributed by atoms with Crippen LogP contribution in [0.2, 0.25) is 5.02 Å². The normalized spacial score (nSPS) is 18.6. The van der Waals surface area contributed by atoms with Crippen LogP contribution in [0.4, 0.5) is 0 Å². The molecule has 0 bridgehead atoms. The number of carbonyl (C=O) groups excluding carboxylic acids is 1. The second-order valence-corrected chi connectivity index (χ2v) is 10.8. The van der Waals surface area contributed by atoms with E-state index >= 15 is 0 Å². The minimum absolute atomic E-state index is 0.247. The van der Waals surface area contributed by atoms with Gasteiger partial charge in [0.2, 0.25) is 5.91 Å². The Labute approximate surface area is 169 Å². The predicted molar refractivity (Wildman–Crippen MR) is 109 cm³/mol. The average Bonchev–Trinajstić information content (AvgIpc) is 3.31. The number of halogens is 1. The highest BCUT2D eigenvalue weighted by atomic mass is 35.5. The van der Waals surface area contributed by atoms with Crippen LogP contribution >= 0.6 is 22.9 Å².